The summed E-state index contributed by atoms with van der Waals surface area (Å²) in [6.45, 7) is 5.18. The molecule has 2 amide bonds. The van der Waals surface area contributed by atoms with Crippen molar-refractivity contribution >= 4 is 11.8 Å². The maximum Gasteiger partial charge on any atom is 0.257 e. The Labute approximate surface area is 163 Å². The molecule has 7 nitrogen and oxygen atoms in total. The van der Waals surface area contributed by atoms with Crippen LogP contribution < -0.4 is 0 Å². The minimum Gasteiger partial charge on any atom is -0.343 e. The maximum absolute atomic E-state index is 13.2. The van der Waals surface area contributed by atoms with Crippen LogP contribution in [0.15, 0.2) is 42.7 Å². The van der Waals surface area contributed by atoms with E-state index in [1.807, 2.05) is 54.0 Å². The van der Waals surface area contributed by atoms with E-state index in [1.165, 1.54) is 0 Å². The fraction of sp³-hybridized carbons (Fsp3) is 0.476. The van der Waals surface area contributed by atoms with Gasteiger partial charge in [-0.05, 0) is 19.4 Å². The van der Waals surface area contributed by atoms with Crippen LogP contribution in [0.4, 0.5) is 0 Å². The number of nitrogens with zero attached hydrogens (tertiary/aromatic N) is 4. The molecule has 0 radical (unpaired) electrons. The summed E-state index contributed by atoms with van der Waals surface area (Å²) in [5, 5.41) is 4.29. The van der Waals surface area contributed by atoms with Gasteiger partial charge in [0.25, 0.3) is 5.91 Å². The number of amides is 2. The summed E-state index contributed by atoms with van der Waals surface area (Å²) in [4.78, 5) is 29.6. The van der Waals surface area contributed by atoms with Crippen molar-refractivity contribution in [2.75, 3.05) is 13.1 Å². The van der Waals surface area contributed by atoms with Crippen LogP contribution in [0.3, 0.4) is 0 Å². The Balaban J connectivity index is 1.42. The van der Waals surface area contributed by atoms with E-state index in [1.54, 1.807) is 17.1 Å². The number of hydrogen-bond acceptors (Lipinski definition) is 4. The second kappa shape index (κ2) is 6.17. The van der Waals surface area contributed by atoms with E-state index in [0.29, 0.717) is 31.5 Å². The van der Waals surface area contributed by atoms with Crippen molar-refractivity contribution in [3.63, 3.8) is 0 Å². The molecule has 1 aromatic heterocycles. The van der Waals surface area contributed by atoms with Gasteiger partial charge in [0.2, 0.25) is 5.91 Å². The van der Waals surface area contributed by atoms with Crippen LogP contribution in [0.25, 0.3) is 0 Å². The van der Waals surface area contributed by atoms with E-state index in [4.69, 9.17) is 4.74 Å². The zero-order valence-electron chi connectivity index (χ0n) is 16.1. The standard InChI is InChI=1S/C21H24N4O3/c1-14(2)25-12-16(11-22-25)20(27)23-9-8-21-18(23)10-19(26)24(21)13-17(28-21)15-6-4-3-5-7-15/h3-7,11-12,14,17-18H,8-10,13H2,1-2H3/t17-,18-,21+/m1/s1. The summed E-state index contributed by atoms with van der Waals surface area (Å²) >= 11 is 0. The van der Waals surface area contributed by atoms with Crippen molar-refractivity contribution in [1.82, 2.24) is 19.6 Å². The summed E-state index contributed by atoms with van der Waals surface area (Å²) in [5.41, 5.74) is 0.941. The van der Waals surface area contributed by atoms with E-state index >= 15 is 0 Å². The molecule has 3 aliphatic heterocycles. The molecule has 0 aliphatic carbocycles. The molecule has 28 heavy (non-hydrogen) atoms. The number of benzene rings is 1. The number of aromatic nitrogens is 2. The summed E-state index contributed by atoms with van der Waals surface area (Å²) in [6.07, 6.45) is 4.23. The van der Waals surface area contributed by atoms with Crippen LogP contribution in [0.2, 0.25) is 0 Å². The quantitative estimate of drug-likeness (QED) is 0.820. The second-order valence-corrected chi connectivity index (χ2v) is 8.14. The molecule has 0 N–H and O–H groups in total. The lowest BCUT2D eigenvalue weighted by Crippen LogP contribution is -2.48. The fourth-order valence-corrected chi connectivity index (χ4v) is 4.81. The lowest BCUT2D eigenvalue weighted by atomic mass is 10.1. The highest BCUT2D eigenvalue weighted by atomic mass is 16.5. The van der Waals surface area contributed by atoms with Crippen LogP contribution in [0, 0.1) is 0 Å². The SMILES string of the molecule is CC(C)n1cc(C(=O)N2CC[C@@]34O[C@@H](c5ccccc5)CN3C(=O)C[C@@H]24)cn1. The Morgan fingerprint density at radius 1 is 1.29 bits per heavy atom. The highest BCUT2D eigenvalue weighted by molar-refractivity contribution is 5.95. The van der Waals surface area contributed by atoms with E-state index in [2.05, 4.69) is 5.10 Å². The highest BCUT2D eigenvalue weighted by Crippen LogP contribution is 2.50. The highest BCUT2D eigenvalue weighted by Gasteiger charge is 2.65. The van der Waals surface area contributed by atoms with Gasteiger partial charge in [-0.25, -0.2) is 0 Å². The van der Waals surface area contributed by atoms with Crippen molar-refractivity contribution in [3.8, 4) is 0 Å². The van der Waals surface area contributed by atoms with Gasteiger partial charge in [-0.3, -0.25) is 14.3 Å². The van der Waals surface area contributed by atoms with Crippen LogP contribution in [0.5, 0.6) is 0 Å². The molecule has 4 heterocycles. The molecule has 3 fully saturated rings. The van der Waals surface area contributed by atoms with Gasteiger partial charge in [0.15, 0.2) is 5.72 Å². The van der Waals surface area contributed by atoms with Crippen molar-refractivity contribution < 1.29 is 14.3 Å². The van der Waals surface area contributed by atoms with Crippen LogP contribution >= 0.6 is 0 Å². The first-order chi connectivity index (χ1) is 13.5. The van der Waals surface area contributed by atoms with Crippen LogP contribution in [-0.4, -0.2) is 56.3 Å². The zero-order valence-corrected chi connectivity index (χ0v) is 16.1. The maximum atomic E-state index is 13.2. The molecule has 5 rings (SSSR count). The summed E-state index contributed by atoms with van der Waals surface area (Å²) in [5.74, 6) is -0.00556. The first-order valence-electron chi connectivity index (χ1n) is 9.88. The molecule has 0 unspecified atom stereocenters. The number of carbonyl (C=O) groups is 2. The monoisotopic (exact) mass is 380 g/mol. The molecular formula is C21H24N4O3. The molecular weight excluding hydrogens is 356 g/mol. The summed E-state index contributed by atoms with van der Waals surface area (Å²) < 4.78 is 8.28. The van der Waals surface area contributed by atoms with Crippen molar-refractivity contribution in [3.05, 3.63) is 53.9 Å². The molecule has 1 spiro atoms. The lowest BCUT2D eigenvalue weighted by Gasteiger charge is -2.31. The van der Waals surface area contributed by atoms with Crippen molar-refractivity contribution in [2.45, 2.75) is 50.6 Å². The minimum atomic E-state index is -0.693. The molecule has 146 valence electrons. The molecule has 3 atom stereocenters. The van der Waals surface area contributed by atoms with Gasteiger partial charge in [-0.2, -0.15) is 5.10 Å². The topological polar surface area (TPSA) is 67.7 Å². The first-order valence-corrected chi connectivity index (χ1v) is 9.88. The second-order valence-electron chi connectivity index (χ2n) is 8.14. The Hall–Kier alpha value is -2.67. The Kier molecular flexibility index (Phi) is 3.84. The molecule has 2 aromatic rings. The smallest absolute Gasteiger partial charge is 0.257 e. The Morgan fingerprint density at radius 2 is 2.07 bits per heavy atom. The van der Waals surface area contributed by atoms with Gasteiger partial charge in [0, 0.05) is 25.2 Å². The number of likely N-dealkylation sites (tertiary alicyclic amines) is 1. The molecule has 1 aromatic carbocycles. The largest absolute Gasteiger partial charge is 0.343 e. The van der Waals surface area contributed by atoms with Crippen molar-refractivity contribution in [1.29, 1.82) is 0 Å². The van der Waals surface area contributed by atoms with Gasteiger partial charge >= 0.3 is 0 Å². The minimum absolute atomic E-state index is 0.0683. The van der Waals surface area contributed by atoms with Gasteiger partial charge in [0.1, 0.15) is 6.10 Å². The van der Waals surface area contributed by atoms with Gasteiger partial charge in [0.05, 0.1) is 30.8 Å². The Morgan fingerprint density at radius 3 is 2.79 bits per heavy atom. The molecule has 3 saturated heterocycles. The number of ether oxygens (including phenoxy) is 1. The van der Waals surface area contributed by atoms with E-state index in [-0.39, 0.29) is 30.0 Å². The first kappa shape index (κ1) is 17.4. The number of carbonyl (C=O) groups excluding carboxylic acids is 2. The predicted octanol–water partition coefficient (Wildman–Crippen LogP) is 2.38. The summed E-state index contributed by atoms with van der Waals surface area (Å²) in [7, 11) is 0. The van der Waals surface area contributed by atoms with Crippen molar-refractivity contribution in [2.24, 2.45) is 0 Å². The van der Waals surface area contributed by atoms with Gasteiger partial charge in [-0.15, -0.1) is 0 Å². The van der Waals surface area contributed by atoms with E-state index < -0.39 is 5.72 Å². The number of hydrogen-bond donors (Lipinski definition) is 0. The Bertz CT molecular complexity index is 925. The summed E-state index contributed by atoms with van der Waals surface area (Å²) in [6, 6.07) is 9.94. The zero-order chi connectivity index (χ0) is 19.5. The molecule has 7 heteroatoms. The average molecular weight is 380 g/mol. The molecule has 0 saturated carbocycles. The van der Waals surface area contributed by atoms with Gasteiger partial charge < -0.3 is 14.5 Å². The molecule has 0 bridgehead atoms. The van der Waals surface area contributed by atoms with Gasteiger partial charge in [-0.1, -0.05) is 30.3 Å². The fourth-order valence-electron chi connectivity index (χ4n) is 4.81. The average Bonchev–Trinajstić information content (AvgIpc) is 3.43. The third-order valence-corrected chi connectivity index (χ3v) is 6.24. The molecule has 3 aliphatic rings. The van der Waals surface area contributed by atoms with E-state index in [0.717, 1.165) is 5.56 Å². The third-order valence-electron chi connectivity index (χ3n) is 6.24. The third kappa shape index (κ3) is 2.42. The van der Waals surface area contributed by atoms with Crippen LogP contribution in [-0.2, 0) is 9.53 Å². The predicted molar refractivity (Wildman–Crippen MR) is 101 cm³/mol. The lowest BCUT2D eigenvalue weighted by molar-refractivity contribution is -0.138. The normalized spacial score (nSPS) is 28.9. The number of rotatable bonds is 3. The van der Waals surface area contributed by atoms with E-state index in [9.17, 15) is 9.59 Å². The van der Waals surface area contributed by atoms with Crippen LogP contribution in [0.1, 0.15) is 54.8 Å².